The number of aromatic nitrogens is 1. The Labute approximate surface area is 150 Å². The summed E-state index contributed by atoms with van der Waals surface area (Å²) in [6.45, 7) is 6.31. The predicted molar refractivity (Wildman–Crippen MR) is 104 cm³/mol. The number of hydrogen-bond acceptors (Lipinski definition) is 2. The lowest BCUT2D eigenvalue weighted by molar-refractivity contribution is -0.123. The van der Waals surface area contributed by atoms with Gasteiger partial charge in [-0.2, -0.15) is 0 Å². The molecule has 1 amide bonds. The van der Waals surface area contributed by atoms with E-state index in [2.05, 4.69) is 18.0 Å². The fraction of sp³-hybridized carbons (Fsp3) is 0.455. The molecule has 0 aliphatic carbocycles. The normalized spacial score (nSPS) is 18.4. The molecule has 0 atom stereocenters. The molecule has 0 spiro atoms. The third-order valence-electron chi connectivity index (χ3n) is 4.98. The zero-order valence-electron chi connectivity index (χ0n) is 15.6. The molecule has 1 aliphatic heterocycles. The highest BCUT2D eigenvalue weighted by Gasteiger charge is 2.43. The van der Waals surface area contributed by atoms with Crippen LogP contribution in [0.4, 0.5) is 5.69 Å². The van der Waals surface area contributed by atoms with Gasteiger partial charge in [-0.05, 0) is 25.0 Å². The van der Waals surface area contributed by atoms with E-state index in [0.717, 1.165) is 35.1 Å². The van der Waals surface area contributed by atoms with E-state index in [1.165, 1.54) is 25.7 Å². The number of carbonyl (C=O) groups is 1. The van der Waals surface area contributed by atoms with Crippen LogP contribution in [0.25, 0.3) is 10.9 Å². The van der Waals surface area contributed by atoms with Crippen molar-refractivity contribution in [3.63, 3.8) is 0 Å². The topological polar surface area (TPSA) is 33.2 Å². The number of unbranched alkanes of at least 4 members (excludes halogenated alkanes) is 4. The highest BCUT2D eigenvalue weighted by atomic mass is 16.2. The molecule has 1 aromatic heterocycles. The molecule has 132 valence electrons. The first-order chi connectivity index (χ1) is 12.0. The number of hydrogen-bond donors (Lipinski definition) is 0. The number of carbonyl (C=O) groups excluding carboxylic acids is 1. The molecule has 2 heterocycles. The molecular formula is C22H28N2O. The lowest BCUT2D eigenvalue weighted by Gasteiger charge is -2.21. The SMILES string of the molecule is CCCCCC/C=C1\CC(C)(C)C(=O)N1c1cccc2cccnc12. The summed E-state index contributed by atoms with van der Waals surface area (Å²) in [6, 6.07) is 10.1. The molecule has 3 heteroatoms. The van der Waals surface area contributed by atoms with Gasteiger partial charge in [0.05, 0.1) is 11.2 Å². The predicted octanol–water partition coefficient (Wildman–Crippen LogP) is 5.85. The maximum absolute atomic E-state index is 13.1. The second kappa shape index (κ2) is 7.38. The molecule has 0 saturated carbocycles. The first kappa shape index (κ1) is 17.7. The van der Waals surface area contributed by atoms with Gasteiger partial charge in [-0.15, -0.1) is 0 Å². The van der Waals surface area contributed by atoms with Gasteiger partial charge in [0, 0.05) is 29.1 Å². The highest BCUT2D eigenvalue weighted by molar-refractivity contribution is 6.08. The lowest BCUT2D eigenvalue weighted by Crippen LogP contribution is -2.30. The summed E-state index contributed by atoms with van der Waals surface area (Å²) in [7, 11) is 0. The van der Waals surface area contributed by atoms with Crippen LogP contribution in [0.2, 0.25) is 0 Å². The van der Waals surface area contributed by atoms with Gasteiger partial charge in [0.2, 0.25) is 5.91 Å². The molecule has 1 aliphatic rings. The van der Waals surface area contributed by atoms with Crippen LogP contribution in [0.15, 0.2) is 48.3 Å². The van der Waals surface area contributed by atoms with Gasteiger partial charge in [-0.25, -0.2) is 0 Å². The summed E-state index contributed by atoms with van der Waals surface area (Å²) in [5.41, 5.74) is 2.58. The number of para-hydroxylation sites is 1. The molecule has 3 rings (SSSR count). The van der Waals surface area contributed by atoms with Crippen molar-refractivity contribution in [1.82, 2.24) is 4.98 Å². The fourth-order valence-electron chi connectivity index (χ4n) is 3.58. The first-order valence-corrected chi connectivity index (χ1v) is 9.42. The van der Waals surface area contributed by atoms with Gasteiger partial charge in [0.25, 0.3) is 0 Å². The van der Waals surface area contributed by atoms with Crippen LogP contribution in [0.5, 0.6) is 0 Å². The van der Waals surface area contributed by atoms with Crippen LogP contribution in [-0.4, -0.2) is 10.9 Å². The van der Waals surface area contributed by atoms with Crippen molar-refractivity contribution in [1.29, 1.82) is 0 Å². The van der Waals surface area contributed by atoms with Crippen LogP contribution in [0.1, 0.15) is 59.3 Å². The lowest BCUT2D eigenvalue weighted by atomic mass is 9.91. The summed E-state index contributed by atoms with van der Waals surface area (Å²) in [5.74, 6) is 0.172. The van der Waals surface area contributed by atoms with Crippen molar-refractivity contribution < 1.29 is 4.79 Å². The van der Waals surface area contributed by atoms with E-state index in [4.69, 9.17) is 0 Å². The number of benzene rings is 1. The van der Waals surface area contributed by atoms with Gasteiger partial charge in [0.1, 0.15) is 0 Å². The first-order valence-electron chi connectivity index (χ1n) is 9.42. The molecule has 0 bridgehead atoms. The molecule has 0 radical (unpaired) electrons. The largest absolute Gasteiger partial charge is 0.282 e. The smallest absolute Gasteiger partial charge is 0.237 e. The summed E-state index contributed by atoms with van der Waals surface area (Å²) >= 11 is 0. The molecule has 25 heavy (non-hydrogen) atoms. The third-order valence-corrected chi connectivity index (χ3v) is 4.98. The molecule has 0 N–H and O–H groups in total. The standard InChI is InChI=1S/C22H28N2O/c1-4-5-6-7-8-13-18-16-22(2,3)21(25)24(18)19-14-9-11-17-12-10-15-23-20(17)19/h9-15H,4-8,16H2,1-3H3/b18-13+. The molecule has 1 aromatic carbocycles. The second-order valence-electron chi connectivity index (χ2n) is 7.60. The molecule has 3 nitrogen and oxygen atoms in total. The Morgan fingerprint density at radius 3 is 2.76 bits per heavy atom. The van der Waals surface area contributed by atoms with Crippen LogP contribution < -0.4 is 4.90 Å². The molecular weight excluding hydrogens is 308 g/mol. The van der Waals surface area contributed by atoms with Crippen LogP contribution in [-0.2, 0) is 4.79 Å². The Morgan fingerprint density at radius 1 is 1.16 bits per heavy atom. The minimum absolute atomic E-state index is 0.172. The number of fused-ring (bicyclic) bond motifs is 1. The Balaban J connectivity index is 1.95. The number of anilines is 1. The second-order valence-corrected chi connectivity index (χ2v) is 7.60. The van der Waals surface area contributed by atoms with Gasteiger partial charge in [-0.3, -0.25) is 14.7 Å². The number of pyridine rings is 1. The Morgan fingerprint density at radius 2 is 1.96 bits per heavy atom. The van der Waals surface area contributed by atoms with E-state index in [9.17, 15) is 4.79 Å². The Bertz CT molecular complexity index is 786. The monoisotopic (exact) mass is 336 g/mol. The number of allylic oxidation sites excluding steroid dienone is 2. The minimum atomic E-state index is -0.355. The highest BCUT2D eigenvalue weighted by Crippen LogP contribution is 2.42. The van der Waals surface area contributed by atoms with Gasteiger partial charge >= 0.3 is 0 Å². The van der Waals surface area contributed by atoms with E-state index in [1.54, 1.807) is 6.20 Å². The van der Waals surface area contributed by atoms with Crippen molar-refractivity contribution in [3.05, 3.63) is 48.3 Å². The fourth-order valence-corrected chi connectivity index (χ4v) is 3.58. The number of nitrogens with zero attached hydrogens (tertiary/aromatic N) is 2. The van der Waals surface area contributed by atoms with Crippen LogP contribution in [0.3, 0.4) is 0 Å². The number of amides is 1. The van der Waals surface area contributed by atoms with Gasteiger partial charge in [0.15, 0.2) is 0 Å². The van der Waals surface area contributed by atoms with Crippen molar-refractivity contribution in [3.8, 4) is 0 Å². The van der Waals surface area contributed by atoms with E-state index >= 15 is 0 Å². The van der Waals surface area contributed by atoms with Crippen LogP contribution in [0, 0.1) is 5.41 Å². The van der Waals surface area contributed by atoms with Crippen molar-refractivity contribution in [2.75, 3.05) is 4.90 Å². The van der Waals surface area contributed by atoms with E-state index in [0.29, 0.717) is 0 Å². The maximum Gasteiger partial charge on any atom is 0.237 e. The van der Waals surface area contributed by atoms with Gasteiger partial charge < -0.3 is 0 Å². The van der Waals surface area contributed by atoms with Crippen molar-refractivity contribution >= 4 is 22.5 Å². The summed E-state index contributed by atoms with van der Waals surface area (Å²) in [5, 5.41) is 1.07. The summed E-state index contributed by atoms with van der Waals surface area (Å²) in [4.78, 5) is 19.5. The Hall–Kier alpha value is -2.16. The molecule has 0 unspecified atom stereocenters. The molecule has 2 aromatic rings. The quantitative estimate of drug-likeness (QED) is 0.620. The maximum atomic E-state index is 13.1. The summed E-state index contributed by atoms with van der Waals surface area (Å²) < 4.78 is 0. The summed E-state index contributed by atoms with van der Waals surface area (Å²) in [6.07, 6.45) is 10.9. The minimum Gasteiger partial charge on any atom is -0.282 e. The zero-order valence-corrected chi connectivity index (χ0v) is 15.6. The number of rotatable bonds is 6. The van der Waals surface area contributed by atoms with E-state index < -0.39 is 0 Å². The van der Waals surface area contributed by atoms with Crippen molar-refractivity contribution in [2.24, 2.45) is 5.41 Å². The molecule has 1 saturated heterocycles. The molecule has 1 fully saturated rings. The Kier molecular flexibility index (Phi) is 5.22. The van der Waals surface area contributed by atoms with Crippen molar-refractivity contribution in [2.45, 2.75) is 59.3 Å². The van der Waals surface area contributed by atoms with E-state index in [1.807, 2.05) is 49.1 Å². The third kappa shape index (κ3) is 3.60. The average molecular weight is 336 g/mol. The zero-order chi connectivity index (χ0) is 17.9. The average Bonchev–Trinajstić information content (AvgIpc) is 2.83. The van der Waals surface area contributed by atoms with E-state index in [-0.39, 0.29) is 11.3 Å². The van der Waals surface area contributed by atoms with Crippen LogP contribution >= 0.6 is 0 Å². The van der Waals surface area contributed by atoms with Gasteiger partial charge in [-0.1, -0.05) is 64.3 Å².